The van der Waals surface area contributed by atoms with Gasteiger partial charge in [0, 0.05) is 9.75 Å². The number of rotatable bonds is 0. The van der Waals surface area contributed by atoms with Crippen LogP contribution in [-0.4, -0.2) is 0 Å². The van der Waals surface area contributed by atoms with Gasteiger partial charge in [0.1, 0.15) is 0 Å². The van der Waals surface area contributed by atoms with E-state index in [4.69, 9.17) is 0 Å². The fraction of sp³-hybridized carbons (Fsp3) is 0.750. The van der Waals surface area contributed by atoms with E-state index in [-0.39, 0.29) is 0 Å². The molecule has 0 unspecified atom stereocenters. The molecule has 0 N–H and O–H groups in total. The van der Waals surface area contributed by atoms with Crippen LogP contribution in [0.25, 0.3) is 0 Å². The van der Waals surface area contributed by atoms with Crippen molar-refractivity contribution in [2.45, 2.75) is 73.1 Å². The average Bonchev–Trinajstić information content (AvgIpc) is 2.95. The first-order chi connectivity index (χ1) is 8.19. The molecule has 3 rings (SSSR count). The highest BCUT2D eigenvalue weighted by molar-refractivity contribution is 7.12. The van der Waals surface area contributed by atoms with E-state index >= 15 is 0 Å². The topological polar surface area (TPSA) is 0 Å². The number of hydrogen-bond donors (Lipinski definition) is 0. The first kappa shape index (κ1) is 14.8. The predicted molar refractivity (Wildman–Crippen MR) is 80.1 cm³/mol. The van der Waals surface area contributed by atoms with Crippen LogP contribution in [0.2, 0.25) is 0 Å². The Morgan fingerprint density at radius 1 is 1.18 bits per heavy atom. The molecule has 1 heteroatoms. The zero-order valence-corrected chi connectivity index (χ0v) is 13.0. The van der Waals surface area contributed by atoms with Crippen LogP contribution in [0.15, 0.2) is 6.07 Å². The van der Waals surface area contributed by atoms with Crippen LogP contribution in [-0.2, 0) is 12.8 Å². The van der Waals surface area contributed by atoms with Crippen molar-refractivity contribution in [2.24, 2.45) is 5.41 Å². The third kappa shape index (κ3) is 3.84. The van der Waals surface area contributed by atoms with Gasteiger partial charge < -0.3 is 0 Å². The van der Waals surface area contributed by atoms with E-state index in [9.17, 15) is 0 Å². The van der Waals surface area contributed by atoms with E-state index in [0.717, 1.165) is 5.41 Å². The van der Waals surface area contributed by atoms with Crippen LogP contribution in [0.3, 0.4) is 0 Å². The average molecular weight is 252 g/mol. The van der Waals surface area contributed by atoms with Gasteiger partial charge in [-0.25, -0.2) is 0 Å². The molecule has 0 atom stereocenters. The van der Waals surface area contributed by atoms with Crippen molar-refractivity contribution in [1.82, 2.24) is 0 Å². The third-order valence-electron chi connectivity index (χ3n) is 3.42. The molecule has 17 heavy (non-hydrogen) atoms. The van der Waals surface area contributed by atoms with Crippen molar-refractivity contribution in [2.75, 3.05) is 0 Å². The Bertz CT molecular complexity index is 331. The Hall–Kier alpha value is -0.300. The lowest BCUT2D eigenvalue weighted by atomic mass is 9.86. The summed E-state index contributed by atoms with van der Waals surface area (Å²) in [6.45, 7) is 10.5. The summed E-state index contributed by atoms with van der Waals surface area (Å²) in [6.07, 6.45) is 8.49. The summed E-state index contributed by atoms with van der Waals surface area (Å²) in [5.74, 6) is 0. The van der Waals surface area contributed by atoms with E-state index < -0.39 is 0 Å². The molecule has 0 nitrogen and oxygen atoms in total. The summed E-state index contributed by atoms with van der Waals surface area (Å²) in [7, 11) is 0. The Kier molecular flexibility index (Phi) is 5.72. The zero-order chi connectivity index (χ0) is 12.9. The minimum absolute atomic E-state index is 0.792. The largest absolute Gasteiger partial charge is 0.145 e. The second-order valence-corrected chi connectivity index (χ2v) is 6.53. The summed E-state index contributed by atoms with van der Waals surface area (Å²) >= 11 is 2.02. The second-order valence-electron chi connectivity index (χ2n) is 5.19. The van der Waals surface area contributed by atoms with Crippen molar-refractivity contribution in [1.29, 1.82) is 0 Å². The predicted octanol–water partition coefficient (Wildman–Crippen LogP) is 5.77. The fourth-order valence-electron chi connectivity index (χ4n) is 2.45. The molecule has 0 aliphatic heterocycles. The van der Waals surface area contributed by atoms with Gasteiger partial charge in [0.05, 0.1) is 0 Å². The van der Waals surface area contributed by atoms with Gasteiger partial charge in [-0.3, -0.25) is 0 Å². The molecule has 0 aromatic carbocycles. The summed E-state index contributed by atoms with van der Waals surface area (Å²) < 4.78 is 0. The SMILES string of the molecule is CC.CCC.Cc1cc2c(s1)CCC1(CC1)C2. The van der Waals surface area contributed by atoms with E-state index in [0.29, 0.717) is 0 Å². The van der Waals surface area contributed by atoms with Gasteiger partial charge >= 0.3 is 0 Å². The second kappa shape index (κ2) is 6.58. The lowest BCUT2D eigenvalue weighted by Crippen LogP contribution is -2.12. The number of thiophene rings is 1. The molecular weight excluding hydrogens is 224 g/mol. The van der Waals surface area contributed by atoms with E-state index in [1.54, 1.807) is 10.4 Å². The number of fused-ring (bicyclic) bond motifs is 1. The standard InChI is InChI=1S/C11H14S.C3H8.C2H6/c1-8-6-9-7-11(4-5-11)3-2-10(9)12-8;1-3-2;1-2/h6H,2-5,7H2,1H3;3H2,1-2H3;1-2H3. The van der Waals surface area contributed by atoms with Crippen molar-refractivity contribution in [3.05, 3.63) is 21.4 Å². The van der Waals surface area contributed by atoms with Crippen LogP contribution >= 0.6 is 11.3 Å². The third-order valence-corrected chi connectivity index (χ3v) is 4.58. The molecule has 2 aliphatic rings. The molecule has 0 radical (unpaired) electrons. The maximum Gasteiger partial charge on any atom is 0.00804 e. The molecule has 1 spiro atoms. The molecule has 1 aromatic rings. The number of hydrogen-bond acceptors (Lipinski definition) is 1. The van der Waals surface area contributed by atoms with Crippen LogP contribution < -0.4 is 0 Å². The fourth-order valence-corrected chi connectivity index (χ4v) is 3.51. The lowest BCUT2D eigenvalue weighted by molar-refractivity contribution is 0.442. The molecule has 1 fully saturated rings. The van der Waals surface area contributed by atoms with Crippen molar-refractivity contribution in [3.8, 4) is 0 Å². The molecule has 1 heterocycles. The summed E-state index contributed by atoms with van der Waals surface area (Å²) in [6, 6.07) is 2.42. The van der Waals surface area contributed by atoms with Crippen molar-refractivity contribution in [3.63, 3.8) is 0 Å². The summed E-state index contributed by atoms with van der Waals surface area (Å²) in [5.41, 5.74) is 2.47. The van der Waals surface area contributed by atoms with Crippen molar-refractivity contribution >= 4 is 11.3 Å². The van der Waals surface area contributed by atoms with E-state index in [1.165, 1.54) is 43.4 Å². The van der Waals surface area contributed by atoms with Gasteiger partial charge in [0.25, 0.3) is 0 Å². The Labute approximate surface area is 111 Å². The maximum absolute atomic E-state index is 2.42. The van der Waals surface area contributed by atoms with Crippen LogP contribution in [0.1, 0.15) is 68.7 Å². The smallest absolute Gasteiger partial charge is 0.00804 e. The van der Waals surface area contributed by atoms with Crippen LogP contribution in [0.5, 0.6) is 0 Å². The highest BCUT2D eigenvalue weighted by Gasteiger charge is 2.44. The van der Waals surface area contributed by atoms with Gasteiger partial charge in [-0.15, -0.1) is 11.3 Å². The monoisotopic (exact) mass is 252 g/mol. The van der Waals surface area contributed by atoms with Crippen LogP contribution in [0.4, 0.5) is 0 Å². The molecular formula is C16H28S. The highest BCUT2D eigenvalue weighted by atomic mass is 32.1. The highest BCUT2D eigenvalue weighted by Crippen LogP contribution is 2.55. The molecule has 0 saturated heterocycles. The van der Waals surface area contributed by atoms with Gasteiger partial charge in [-0.2, -0.15) is 0 Å². The quantitative estimate of drug-likeness (QED) is 0.550. The van der Waals surface area contributed by atoms with Crippen molar-refractivity contribution < 1.29 is 0 Å². The summed E-state index contributed by atoms with van der Waals surface area (Å²) in [5, 5.41) is 0. The maximum atomic E-state index is 2.42. The van der Waals surface area contributed by atoms with Gasteiger partial charge in [-0.05, 0) is 56.1 Å². The molecule has 98 valence electrons. The Morgan fingerprint density at radius 3 is 2.29 bits per heavy atom. The van der Waals surface area contributed by atoms with Crippen LogP contribution in [0, 0.1) is 12.3 Å². The van der Waals surface area contributed by atoms with Gasteiger partial charge in [0.2, 0.25) is 0 Å². The minimum Gasteiger partial charge on any atom is -0.145 e. The summed E-state index contributed by atoms with van der Waals surface area (Å²) in [4.78, 5) is 3.20. The molecule has 0 amide bonds. The Balaban J connectivity index is 0.000000256. The number of aryl methyl sites for hydroxylation is 2. The van der Waals surface area contributed by atoms with E-state index in [2.05, 4.69) is 26.8 Å². The van der Waals surface area contributed by atoms with Gasteiger partial charge in [0.15, 0.2) is 0 Å². The lowest BCUT2D eigenvalue weighted by Gasteiger charge is -2.20. The first-order valence-corrected chi connectivity index (χ1v) is 8.09. The van der Waals surface area contributed by atoms with E-state index in [1.807, 2.05) is 25.2 Å². The Morgan fingerprint density at radius 2 is 1.76 bits per heavy atom. The van der Waals surface area contributed by atoms with Gasteiger partial charge in [-0.1, -0.05) is 34.1 Å². The zero-order valence-electron chi connectivity index (χ0n) is 12.2. The minimum atomic E-state index is 0.792. The molecule has 0 bridgehead atoms. The molecule has 1 saturated carbocycles. The molecule has 2 aliphatic carbocycles. The first-order valence-electron chi connectivity index (χ1n) is 7.27. The molecule has 1 aromatic heterocycles. The normalized spacial score (nSPS) is 18.4.